The highest BCUT2D eigenvalue weighted by molar-refractivity contribution is 6.05. The van der Waals surface area contributed by atoms with Crippen LogP contribution >= 0.6 is 0 Å². The smallest absolute Gasteiger partial charge is 0.255 e. The largest absolute Gasteiger partial charge is 0.497 e. The third-order valence-electron chi connectivity index (χ3n) is 4.28. The predicted molar refractivity (Wildman–Crippen MR) is 104 cm³/mol. The molecule has 0 atom stereocenters. The van der Waals surface area contributed by atoms with Crippen LogP contribution in [0.1, 0.15) is 15.9 Å². The summed E-state index contributed by atoms with van der Waals surface area (Å²) >= 11 is 0. The van der Waals surface area contributed by atoms with Gasteiger partial charge in [0.05, 0.1) is 24.4 Å². The first-order chi connectivity index (χ1) is 13.7. The summed E-state index contributed by atoms with van der Waals surface area (Å²) in [7, 11) is 1.57. The Kier molecular flexibility index (Phi) is 4.44. The fourth-order valence-electron chi connectivity index (χ4n) is 2.88. The molecule has 0 bridgehead atoms. The fourth-order valence-corrected chi connectivity index (χ4v) is 2.88. The van der Waals surface area contributed by atoms with Gasteiger partial charge < -0.3 is 10.1 Å². The maximum absolute atomic E-state index is 12.8. The Hall–Kier alpha value is -4.18. The SMILES string of the molecule is COc1cccc(NC(=O)c2cc(-c3ccc(C#N)cc3)n3ncnc3c2)c1. The first kappa shape index (κ1) is 17.2. The van der Waals surface area contributed by atoms with E-state index in [1.807, 2.05) is 12.1 Å². The standard InChI is InChI=1S/C21H15N5O2/c1-28-18-4-2-3-17(11-18)25-21(27)16-9-19(26-20(10-16)23-13-24-26)15-7-5-14(12-22)6-8-15/h2-11,13H,1H3,(H,25,27). The quantitative estimate of drug-likeness (QED) is 0.594. The van der Waals surface area contributed by atoms with Crippen molar-refractivity contribution in [1.82, 2.24) is 14.6 Å². The first-order valence-electron chi connectivity index (χ1n) is 8.47. The average molecular weight is 369 g/mol. The molecule has 7 nitrogen and oxygen atoms in total. The van der Waals surface area contributed by atoms with Crippen LogP contribution in [0.25, 0.3) is 16.9 Å². The van der Waals surface area contributed by atoms with Crippen LogP contribution in [0.5, 0.6) is 5.75 Å². The number of rotatable bonds is 4. The van der Waals surface area contributed by atoms with Gasteiger partial charge in [0.2, 0.25) is 0 Å². The molecular weight excluding hydrogens is 354 g/mol. The monoisotopic (exact) mass is 369 g/mol. The summed E-state index contributed by atoms with van der Waals surface area (Å²) in [6, 6.07) is 19.7. The molecule has 0 spiro atoms. The Labute approximate surface area is 160 Å². The van der Waals surface area contributed by atoms with Gasteiger partial charge in [0.1, 0.15) is 12.1 Å². The van der Waals surface area contributed by atoms with E-state index in [-0.39, 0.29) is 5.91 Å². The van der Waals surface area contributed by atoms with Crippen molar-refractivity contribution in [2.24, 2.45) is 0 Å². The minimum Gasteiger partial charge on any atom is -0.497 e. The first-order valence-corrected chi connectivity index (χ1v) is 8.47. The maximum Gasteiger partial charge on any atom is 0.255 e. The summed E-state index contributed by atoms with van der Waals surface area (Å²) in [6.07, 6.45) is 1.44. The van der Waals surface area contributed by atoms with Gasteiger partial charge in [-0.2, -0.15) is 10.4 Å². The Morgan fingerprint density at radius 3 is 2.71 bits per heavy atom. The molecule has 136 valence electrons. The molecule has 0 fully saturated rings. The summed E-state index contributed by atoms with van der Waals surface area (Å²) in [4.78, 5) is 17.0. The highest BCUT2D eigenvalue weighted by Crippen LogP contribution is 2.23. The second-order valence-electron chi connectivity index (χ2n) is 6.03. The molecule has 0 unspecified atom stereocenters. The van der Waals surface area contributed by atoms with Crippen LogP contribution in [0.15, 0.2) is 67.0 Å². The normalized spacial score (nSPS) is 10.4. The van der Waals surface area contributed by atoms with E-state index in [2.05, 4.69) is 21.5 Å². The lowest BCUT2D eigenvalue weighted by molar-refractivity contribution is 0.102. The number of nitriles is 1. The van der Waals surface area contributed by atoms with Gasteiger partial charge >= 0.3 is 0 Å². The number of hydrogen-bond acceptors (Lipinski definition) is 5. The van der Waals surface area contributed by atoms with Gasteiger partial charge in [-0.1, -0.05) is 18.2 Å². The number of benzene rings is 2. The molecule has 7 heteroatoms. The molecule has 0 saturated heterocycles. The number of amides is 1. The van der Waals surface area contributed by atoms with Gasteiger partial charge in [0, 0.05) is 22.9 Å². The zero-order chi connectivity index (χ0) is 19.5. The second kappa shape index (κ2) is 7.21. The number of aromatic nitrogens is 3. The molecule has 2 aromatic carbocycles. The van der Waals surface area contributed by atoms with Crippen molar-refractivity contribution in [2.75, 3.05) is 12.4 Å². The van der Waals surface area contributed by atoms with Crippen LogP contribution in [0.4, 0.5) is 5.69 Å². The number of nitrogens with zero attached hydrogens (tertiary/aromatic N) is 4. The molecule has 2 heterocycles. The molecule has 4 rings (SSSR count). The molecular formula is C21H15N5O2. The van der Waals surface area contributed by atoms with E-state index < -0.39 is 0 Å². The highest BCUT2D eigenvalue weighted by atomic mass is 16.5. The number of carbonyl (C=O) groups is 1. The van der Waals surface area contributed by atoms with Crippen LogP contribution in [0.3, 0.4) is 0 Å². The van der Waals surface area contributed by atoms with Crippen LogP contribution < -0.4 is 10.1 Å². The molecule has 0 radical (unpaired) electrons. The zero-order valence-electron chi connectivity index (χ0n) is 15.0. The molecule has 2 aromatic heterocycles. The summed E-state index contributed by atoms with van der Waals surface area (Å²) in [6.45, 7) is 0. The van der Waals surface area contributed by atoms with E-state index in [1.165, 1.54) is 6.33 Å². The summed E-state index contributed by atoms with van der Waals surface area (Å²) in [5, 5.41) is 16.1. The number of anilines is 1. The molecule has 4 aromatic rings. The molecule has 0 aliphatic carbocycles. The van der Waals surface area contributed by atoms with Crippen LogP contribution in [-0.2, 0) is 0 Å². The number of carbonyl (C=O) groups excluding carboxylic acids is 1. The predicted octanol–water partition coefficient (Wildman–Crippen LogP) is 3.53. The van der Waals surface area contributed by atoms with Gasteiger partial charge in [-0.25, -0.2) is 9.50 Å². The molecule has 1 amide bonds. The summed E-state index contributed by atoms with van der Waals surface area (Å²) in [5.74, 6) is 0.387. The highest BCUT2D eigenvalue weighted by Gasteiger charge is 2.14. The van der Waals surface area contributed by atoms with Crippen molar-refractivity contribution >= 4 is 17.2 Å². The fraction of sp³-hybridized carbons (Fsp3) is 0.0476. The third kappa shape index (κ3) is 3.27. The number of methoxy groups -OCH3 is 1. The van der Waals surface area contributed by atoms with Gasteiger partial charge in [-0.05, 0) is 36.4 Å². The Morgan fingerprint density at radius 1 is 1.14 bits per heavy atom. The summed E-state index contributed by atoms with van der Waals surface area (Å²) in [5.41, 5.74) is 3.72. The van der Waals surface area contributed by atoms with E-state index in [9.17, 15) is 4.79 Å². The van der Waals surface area contributed by atoms with E-state index >= 15 is 0 Å². The van der Waals surface area contributed by atoms with Crippen molar-refractivity contribution in [3.63, 3.8) is 0 Å². The Bertz CT molecular complexity index is 1210. The van der Waals surface area contributed by atoms with E-state index in [1.54, 1.807) is 60.2 Å². The minimum absolute atomic E-state index is 0.270. The summed E-state index contributed by atoms with van der Waals surface area (Å²) < 4.78 is 6.85. The zero-order valence-corrected chi connectivity index (χ0v) is 15.0. The number of pyridine rings is 1. The lowest BCUT2D eigenvalue weighted by Crippen LogP contribution is -2.13. The molecule has 0 aliphatic heterocycles. The lowest BCUT2D eigenvalue weighted by Gasteiger charge is -2.10. The third-order valence-corrected chi connectivity index (χ3v) is 4.28. The Balaban J connectivity index is 1.73. The molecule has 0 saturated carbocycles. The van der Waals surface area contributed by atoms with Crippen molar-refractivity contribution in [3.8, 4) is 23.1 Å². The van der Waals surface area contributed by atoms with E-state index in [0.717, 1.165) is 5.56 Å². The van der Waals surface area contributed by atoms with Gasteiger partial charge in [-0.3, -0.25) is 4.79 Å². The second-order valence-corrected chi connectivity index (χ2v) is 6.03. The van der Waals surface area contributed by atoms with Gasteiger partial charge in [0.25, 0.3) is 5.91 Å². The number of hydrogen-bond donors (Lipinski definition) is 1. The van der Waals surface area contributed by atoms with Crippen LogP contribution in [0, 0.1) is 11.3 Å². The maximum atomic E-state index is 12.8. The minimum atomic E-state index is -0.270. The van der Waals surface area contributed by atoms with Crippen molar-refractivity contribution in [1.29, 1.82) is 5.26 Å². The van der Waals surface area contributed by atoms with E-state index in [0.29, 0.717) is 33.9 Å². The topological polar surface area (TPSA) is 92.3 Å². The van der Waals surface area contributed by atoms with E-state index in [4.69, 9.17) is 10.00 Å². The number of ether oxygens (including phenoxy) is 1. The molecule has 28 heavy (non-hydrogen) atoms. The Morgan fingerprint density at radius 2 is 1.96 bits per heavy atom. The number of fused-ring (bicyclic) bond motifs is 1. The van der Waals surface area contributed by atoms with Crippen molar-refractivity contribution in [3.05, 3.63) is 78.1 Å². The lowest BCUT2D eigenvalue weighted by atomic mass is 10.1. The van der Waals surface area contributed by atoms with Crippen molar-refractivity contribution < 1.29 is 9.53 Å². The van der Waals surface area contributed by atoms with Gasteiger partial charge in [-0.15, -0.1) is 0 Å². The van der Waals surface area contributed by atoms with Crippen molar-refractivity contribution in [2.45, 2.75) is 0 Å². The molecule has 0 aliphatic rings. The number of nitrogens with one attached hydrogen (secondary N) is 1. The van der Waals surface area contributed by atoms with Crippen LogP contribution in [0.2, 0.25) is 0 Å². The van der Waals surface area contributed by atoms with Gasteiger partial charge in [0.15, 0.2) is 5.65 Å². The average Bonchev–Trinajstić information content (AvgIpc) is 3.22. The molecule has 1 N–H and O–H groups in total. The van der Waals surface area contributed by atoms with Crippen LogP contribution in [-0.4, -0.2) is 27.6 Å².